The Kier molecular flexibility index (Phi) is 13.9. The van der Waals surface area contributed by atoms with E-state index in [2.05, 4.69) is 35.6 Å². The molecule has 1 N–H and O–H groups in total. The molecule has 0 spiro atoms. The van der Waals surface area contributed by atoms with Gasteiger partial charge in [-0.05, 0) is 106 Å². The molecular formula is C35H47F4N3O. The molecule has 2 aliphatic heterocycles. The van der Waals surface area contributed by atoms with Crippen molar-refractivity contribution in [1.82, 2.24) is 9.80 Å². The van der Waals surface area contributed by atoms with E-state index in [1.165, 1.54) is 23.1 Å². The Morgan fingerprint density at radius 2 is 1.84 bits per heavy atom. The molecule has 0 saturated carbocycles. The molecule has 2 unspecified atom stereocenters. The van der Waals surface area contributed by atoms with E-state index >= 15 is 8.78 Å². The van der Waals surface area contributed by atoms with E-state index in [0.717, 1.165) is 76.8 Å². The third kappa shape index (κ3) is 9.74. The van der Waals surface area contributed by atoms with Crippen molar-refractivity contribution in [3.05, 3.63) is 71.3 Å². The van der Waals surface area contributed by atoms with Crippen molar-refractivity contribution in [2.45, 2.75) is 71.3 Å². The van der Waals surface area contributed by atoms with Gasteiger partial charge in [0.1, 0.15) is 17.4 Å². The summed E-state index contributed by atoms with van der Waals surface area (Å²) < 4.78 is 58.3. The predicted molar refractivity (Wildman–Crippen MR) is 168 cm³/mol. The molecule has 236 valence electrons. The highest BCUT2D eigenvalue weighted by Crippen LogP contribution is 2.40. The lowest BCUT2D eigenvalue weighted by Gasteiger charge is -2.38. The van der Waals surface area contributed by atoms with E-state index in [1.54, 1.807) is 19.1 Å². The van der Waals surface area contributed by atoms with Gasteiger partial charge in [-0.1, -0.05) is 19.1 Å². The SMILES string of the molecule is C#CC.C=CCN(CCC)CCCC1CCCN(c2cc(F)c(C3c4ccc(O)cc4CCN3CC(F)F)c(F)c2)CC1. The molecule has 1 fully saturated rings. The summed E-state index contributed by atoms with van der Waals surface area (Å²) in [5.41, 5.74) is 1.57. The summed E-state index contributed by atoms with van der Waals surface area (Å²) in [4.78, 5) is 5.93. The van der Waals surface area contributed by atoms with Gasteiger partial charge in [-0.2, -0.15) is 0 Å². The van der Waals surface area contributed by atoms with Crippen LogP contribution < -0.4 is 4.90 Å². The topological polar surface area (TPSA) is 30.0 Å². The summed E-state index contributed by atoms with van der Waals surface area (Å²) in [5, 5.41) is 9.91. The van der Waals surface area contributed by atoms with Gasteiger partial charge in [0.25, 0.3) is 6.43 Å². The van der Waals surface area contributed by atoms with E-state index in [4.69, 9.17) is 0 Å². The fourth-order valence-electron chi connectivity index (χ4n) is 6.50. The molecule has 2 heterocycles. The van der Waals surface area contributed by atoms with Crippen LogP contribution in [0.3, 0.4) is 0 Å². The van der Waals surface area contributed by atoms with E-state index in [9.17, 15) is 13.9 Å². The number of hydrogen-bond donors (Lipinski definition) is 1. The maximum absolute atomic E-state index is 15.7. The lowest BCUT2D eigenvalue weighted by Crippen LogP contribution is -2.40. The molecule has 0 aliphatic carbocycles. The molecule has 2 aromatic carbocycles. The summed E-state index contributed by atoms with van der Waals surface area (Å²) >= 11 is 0. The van der Waals surface area contributed by atoms with E-state index < -0.39 is 30.6 Å². The number of fused-ring (bicyclic) bond motifs is 1. The Hall–Kier alpha value is -3.02. The summed E-state index contributed by atoms with van der Waals surface area (Å²) in [6.07, 6.45) is 10.8. The second kappa shape index (κ2) is 17.3. The van der Waals surface area contributed by atoms with Gasteiger partial charge in [-0.15, -0.1) is 18.9 Å². The fraction of sp³-hybridized carbons (Fsp3) is 0.543. The van der Waals surface area contributed by atoms with Gasteiger partial charge in [-0.3, -0.25) is 9.80 Å². The molecule has 1 saturated heterocycles. The van der Waals surface area contributed by atoms with Gasteiger partial charge < -0.3 is 10.0 Å². The number of phenolic OH excluding ortho intramolecular Hbond substituents is 1. The third-order valence-electron chi connectivity index (χ3n) is 8.39. The number of phenols is 1. The Labute approximate surface area is 255 Å². The molecule has 8 heteroatoms. The van der Waals surface area contributed by atoms with E-state index in [-0.39, 0.29) is 17.9 Å². The number of rotatable bonds is 12. The first-order chi connectivity index (χ1) is 20.7. The zero-order valence-electron chi connectivity index (χ0n) is 25.7. The summed E-state index contributed by atoms with van der Waals surface area (Å²) in [7, 11) is 0. The van der Waals surface area contributed by atoms with Crippen LogP contribution in [0.25, 0.3) is 0 Å². The van der Waals surface area contributed by atoms with Crippen LogP contribution in [0.5, 0.6) is 5.75 Å². The fourth-order valence-corrected chi connectivity index (χ4v) is 6.50. The van der Waals surface area contributed by atoms with Crippen molar-refractivity contribution in [3.8, 4) is 18.1 Å². The maximum Gasteiger partial charge on any atom is 0.251 e. The zero-order valence-corrected chi connectivity index (χ0v) is 25.7. The minimum absolute atomic E-state index is 0.0469. The van der Waals surface area contributed by atoms with Crippen LogP contribution in [0.15, 0.2) is 43.0 Å². The number of aromatic hydroxyl groups is 1. The standard InChI is InChI=1S/C32H43F4N3O.C3H4/c1-3-13-37(14-4-2)15-5-7-23-8-6-16-38(17-11-23)25-20-28(33)31(29(34)21-25)32-27-10-9-26(40)19-24(27)12-18-39(32)22-30(35)36;1-3-2/h3,9-10,19-21,23,30,32,40H,1,4-8,11-18,22H2,2H3;1H,2H3. The molecule has 2 aliphatic rings. The predicted octanol–water partition coefficient (Wildman–Crippen LogP) is 7.81. The molecule has 4 rings (SSSR count). The highest BCUT2D eigenvalue weighted by molar-refractivity contribution is 5.52. The molecule has 0 aromatic heterocycles. The van der Waals surface area contributed by atoms with Crippen molar-refractivity contribution >= 4 is 5.69 Å². The number of nitrogens with zero attached hydrogens (tertiary/aromatic N) is 3. The number of terminal acetylenes is 1. The van der Waals surface area contributed by atoms with Gasteiger partial charge >= 0.3 is 0 Å². The number of alkyl halides is 2. The largest absolute Gasteiger partial charge is 0.508 e. The third-order valence-corrected chi connectivity index (χ3v) is 8.39. The second-order valence-corrected chi connectivity index (χ2v) is 11.5. The van der Waals surface area contributed by atoms with Gasteiger partial charge in [-0.25, -0.2) is 17.6 Å². The first-order valence-corrected chi connectivity index (χ1v) is 15.5. The Balaban J connectivity index is 0.00000162. The monoisotopic (exact) mass is 601 g/mol. The average molecular weight is 602 g/mol. The summed E-state index contributed by atoms with van der Waals surface area (Å²) in [5.74, 6) is 1.44. The normalized spacial score (nSPS) is 18.9. The number of anilines is 1. The molecule has 0 amide bonds. The van der Waals surface area contributed by atoms with Gasteiger partial charge in [0, 0.05) is 37.4 Å². The molecule has 43 heavy (non-hydrogen) atoms. The molecular weight excluding hydrogens is 554 g/mol. The first kappa shape index (κ1) is 34.5. The van der Waals surface area contributed by atoms with Crippen molar-refractivity contribution in [1.29, 1.82) is 0 Å². The Bertz CT molecular complexity index is 1190. The van der Waals surface area contributed by atoms with Crippen molar-refractivity contribution in [2.24, 2.45) is 5.92 Å². The van der Waals surface area contributed by atoms with E-state index in [0.29, 0.717) is 23.6 Å². The zero-order chi connectivity index (χ0) is 31.4. The highest BCUT2D eigenvalue weighted by atomic mass is 19.3. The lowest BCUT2D eigenvalue weighted by molar-refractivity contribution is 0.0686. The van der Waals surface area contributed by atoms with Gasteiger partial charge in [0.05, 0.1) is 12.6 Å². The van der Waals surface area contributed by atoms with Crippen LogP contribution in [-0.4, -0.2) is 67.1 Å². The van der Waals surface area contributed by atoms with Crippen molar-refractivity contribution in [2.75, 3.05) is 50.7 Å². The Morgan fingerprint density at radius 3 is 2.49 bits per heavy atom. The Morgan fingerprint density at radius 1 is 1.12 bits per heavy atom. The van der Waals surface area contributed by atoms with Crippen molar-refractivity contribution in [3.63, 3.8) is 0 Å². The summed E-state index contributed by atoms with van der Waals surface area (Å²) in [6, 6.07) is 6.34. The molecule has 2 atom stereocenters. The quantitative estimate of drug-likeness (QED) is 0.153. The van der Waals surface area contributed by atoms with Crippen LogP contribution >= 0.6 is 0 Å². The summed E-state index contributed by atoms with van der Waals surface area (Å²) in [6.45, 7) is 11.9. The van der Waals surface area contributed by atoms with Crippen LogP contribution in [0.4, 0.5) is 23.2 Å². The minimum Gasteiger partial charge on any atom is -0.508 e. The van der Waals surface area contributed by atoms with Crippen molar-refractivity contribution < 1.29 is 22.7 Å². The van der Waals surface area contributed by atoms with Crippen LogP contribution in [0, 0.1) is 29.9 Å². The smallest absolute Gasteiger partial charge is 0.251 e. The average Bonchev–Trinajstić information content (AvgIpc) is 3.20. The molecule has 4 nitrogen and oxygen atoms in total. The number of halogens is 4. The van der Waals surface area contributed by atoms with Crippen LogP contribution in [-0.2, 0) is 6.42 Å². The molecule has 0 bridgehead atoms. The molecule has 0 radical (unpaired) electrons. The highest BCUT2D eigenvalue weighted by Gasteiger charge is 2.35. The second-order valence-electron chi connectivity index (χ2n) is 11.5. The lowest BCUT2D eigenvalue weighted by atomic mass is 9.87. The van der Waals surface area contributed by atoms with Gasteiger partial charge in [0.2, 0.25) is 0 Å². The number of hydrogen-bond acceptors (Lipinski definition) is 4. The molecule has 2 aromatic rings. The van der Waals surface area contributed by atoms with Crippen LogP contribution in [0.2, 0.25) is 0 Å². The minimum atomic E-state index is -2.63. The van der Waals surface area contributed by atoms with Crippen LogP contribution in [0.1, 0.15) is 75.1 Å². The van der Waals surface area contributed by atoms with E-state index in [1.807, 2.05) is 6.08 Å². The number of benzene rings is 2. The maximum atomic E-state index is 15.7. The van der Waals surface area contributed by atoms with Gasteiger partial charge in [0.15, 0.2) is 0 Å². The first-order valence-electron chi connectivity index (χ1n) is 15.5.